The van der Waals surface area contributed by atoms with Crippen LogP contribution < -0.4 is 0 Å². The third-order valence-corrected chi connectivity index (χ3v) is 3.94. The second-order valence-electron chi connectivity index (χ2n) is 5.33. The molecule has 0 aromatic rings. The van der Waals surface area contributed by atoms with Crippen LogP contribution in [0.2, 0.25) is 0 Å². The molecule has 1 saturated heterocycles. The molecule has 4 atom stereocenters. The summed E-state index contributed by atoms with van der Waals surface area (Å²) in [6, 6.07) is 0. The average Bonchev–Trinajstić information content (AvgIpc) is 2.99. The number of hydrogen-bond donors (Lipinski definition) is 0. The molecule has 102 valence electrons. The third kappa shape index (κ3) is 2.85. The van der Waals surface area contributed by atoms with Gasteiger partial charge in [-0.1, -0.05) is 20.3 Å². The van der Waals surface area contributed by atoms with E-state index in [0.29, 0.717) is 24.7 Å². The van der Waals surface area contributed by atoms with Gasteiger partial charge in [-0.05, 0) is 31.1 Å². The summed E-state index contributed by atoms with van der Waals surface area (Å²) in [4.78, 5) is 23.6. The largest absolute Gasteiger partial charge is 0.425 e. The minimum Gasteiger partial charge on any atom is -0.425 e. The zero-order valence-corrected chi connectivity index (χ0v) is 11.2. The van der Waals surface area contributed by atoms with Crippen molar-refractivity contribution in [3.05, 3.63) is 0 Å². The number of esters is 2. The van der Waals surface area contributed by atoms with Crippen molar-refractivity contribution in [3.63, 3.8) is 0 Å². The Balaban J connectivity index is 2.01. The summed E-state index contributed by atoms with van der Waals surface area (Å²) < 4.78 is 10.5. The van der Waals surface area contributed by atoms with Crippen LogP contribution in [-0.4, -0.2) is 18.2 Å². The van der Waals surface area contributed by atoms with Gasteiger partial charge in [0.15, 0.2) is 0 Å². The van der Waals surface area contributed by atoms with E-state index in [9.17, 15) is 9.59 Å². The van der Waals surface area contributed by atoms with Crippen molar-refractivity contribution in [1.82, 2.24) is 0 Å². The molecule has 1 heterocycles. The molecule has 1 aliphatic heterocycles. The van der Waals surface area contributed by atoms with Gasteiger partial charge < -0.3 is 9.47 Å². The van der Waals surface area contributed by atoms with Crippen LogP contribution in [0.1, 0.15) is 52.4 Å². The number of hydrogen-bond acceptors (Lipinski definition) is 4. The van der Waals surface area contributed by atoms with E-state index in [1.165, 1.54) is 0 Å². The molecule has 1 saturated carbocycles. The van der Waals surface area contributed by atoms with Crippen LogP contribution in [-0.2, 0) is 19.1 Å². The molecule has 0 amide bonds. The van der Waals surface area contributed by atoms with Gasteiger partial charge in [0.25, 0.3) is 0 Å². The summed E-state index contributed by atoms with van der Waals surface area (Å²) in [5.74, 6) is 0.385. The first kappa shape index (κ1) is 13.4. The van der Waals surface area contributed by atoms with Crippen LogP contribution in [0.5, 0.6) is 0 Å². The fourth-order valence-electron chi connectivity index (χ4n) is 2.99. The third-order valence-electron chi connectivity index (χ3n) is 3.94. The minimum absolute atomic E-state index is 0.0128. The molecular formula is C14H22O4. The lowest BCUT2D eigenvalue weighted by atomic mass is 10.1. The molecule has 0 radical (unpaired) electrons. The quantitative estimate of drug-likeness (QED) is 0.724. The van der Waals surface area contributed by atoms with E-state index in [-0.39, 0.29) is 17.9 Å². The number of ether oxygens (including phenoxy) is 2. The lowest BCUT2D eigenvalue weighted by Gasteiger charge is -2.17. The van der Waals surface area contributed by atoms with Gasteiger partial charge in [0.05, 0.1) is 5.92 Å². The van der Waals surface area contributed by atoms with E-state index in [0.717, 1.165) is 25.7 Å². The summed E-state index contributed by atoms with van der Waals surface area (Å²) in [6.07, 6.45) is 4.06. The molecule has 2 aliphatic rings. The Morgan fingerprint density at radius 2 is 1.83 bits per heavy atom. The average molecular weight is 254 g/mol. The minimum atomic E-state index is -0.670. The highest BCUT2D eigenvalue weighted by atomic mass is 16.7. The monoisotopic (exact) mass is 254 g/mol. The maximum atomic E-state index is 12.0. The van der Waals surface area contributed by atoms with Crippen LogP contribution in [0.25, 0.3) is 0 Å². The zero-order chi connectivity index (χ0) is 13.1. The molecule has 18 heavy (non-hydrogen) atoms. The number of carbonyl (C=O) groups is 2. The summed E-state index contributed by atoms with van der Waals surface area (Å²) >= 11 is 0. The van der Waals surface area contributed by atoms with Crippen molar-refractivity contribution in [2.24, 2.45) is 17.8 Å². The van der Waals surface area contributed by atoms with Gasteiger partial charge in [-0.3, -0.25) is 9.59 Å². The van der Waals surface area contributed by atoms with Crippen LogP contribution >= 0.6 is 0 Å². The summed E-state index contributed by atoms with van der Waals surface area (Å²) in [7, 11) is 0. The van der Waals surface area contributed by atoms with Gasteiger partial charge in [-0.2, -0.15) is 0 Å². The van der Waals surface area contributed by atoms with E-state index >= 15 is 0 Å². The second-order valence-corrected chi connectivity index (χ2v) is 5.33. The zero-order valence-electron chi connectivity index (χ0n) is 11.2. The molecule has 2 rings (SSSR count). The van der Waals surface area contributed by atoms with Crippen molar-refractivity contribution < 1.29 is 19.1 Å². The van der Waals surface area contributed by atoms with Crippen molar-refractivity contribution in [2.75, 3.05) is 0 Å². The molecule has 1 aliphatic carbocycles. The van der Waals surface area contributed by atoms with Crippen molar-refractivity contribution in [2.45, 2.75) is 58.7 Å². The Bertz CT molecular complexity index is 326. The summed E-state index contributed by atoms with van der Waals surface area (Å²) in [5, 5.41) is 0. The maximum Gasteiger partial charge on any atom is 0.312 e. The lowest BCUT2D eigenvalue weighted by Crippen LogP contribution is -2.25. The Kier molecular flexibility index (Phi) is 4.25. The normalized spacial score (nSPS) is 35.7. The Morgan fingerprint density at radius 3 is 2.50 bits per heavy atom. The van der Waals surface area contributed by atoms with Crippen LogP contribution in [0.15, 0.2) is 0 Å². The highest BCUT2D eigenvalue weighted by molar-refractivity contribution is 5.78. The lowest BCUT2D eigenvalue weighted by molar-refractivity contribution is -0.189. The van der Waals surface area contributed by atoms with Gasteiger partial charge in [0.2, 0.25) is 6.29 Å². The van der Waals surface area contributed by atoms with Crippen LogP contribution in [0.3, 0.4) is 0 Å². The van der Waals surface area contributed by atoms with E-state index in [1.54, 1.807) is 0 Å². The molecular weight excluding hydrogens is 232 g/mol. The summed E-state index contributed by atoms with van der Waals surface area (Å²) in [6.45, 7) is 4.10. The topological polar surface area (TPSA) is 52.6 Å². The molecule has 2 fully saturated rings. The maximum absolute atomic E-state index is 12.0. The molecule has 4 heteroatoms. The first-order chi connectivity index (χ1) is 8.67. The predicted octanol–water partition coefficient (Wildman–Crippen LogP) is 2.66. The molecule has 0 bridgehead atoms. The predicted molar refractivity (Wildman–Crippen MR) is 65.5 cm³/mol. The highest BCUT2D eigenvalue weighted by Gasteiger charge is 2.55. The molecule has 0 spiro atoms. The van der Waals surface area contributed by atoms with E-state index in [2.05, 4.69) is 6.92 Å². The van der Waals surface area contributed by atoms with Gasteiger partial charge >= 0.3 is 11.9 Å². The van der Waals surface area contributed by atoms with Gasteiger partial charge in [0, 0.05) is 12.8 Å². The Morgan fingerprint density at radius 1 is 1.11 bits per heavy atom. The molecule has 4 nitrogen and oxygen atoms in total. The molecule has 0 aromatic carbocycles. The molecule has 4 unspecified atom stereocenters. The SMILES string of the molecule is CCCC1OC(=O)CCC2C(CCC)C2C(=O)O1. The van der Waals surface area contributed by atoms with Crippen LogP contribution in [0.4, 0.5) is 0 Å². The van der Waals surface area contributed by atoms with E-state index < -0.39 is 6.29 Å². The van der Waals surface area contributed by atoms with Crippen molar-refractivity contribution in [3.8, 4) is 0 Å². The van der Waals surface area contributed by atoms with E-state index in [4.69, 9.17) is 9.47 Å². The van der Waals surface area contributed by atoms with Gasteiger partial charge in [-0.15, -0.1) is 0 Å². The first-order valence-corrected chi connectivity index (χ1v) is 7.07. The Hall–Kier alpha value is -1.06. The summed E-state index contributed by atoms with van der Waals surface area (Å²) in [5.41, 5.74) is 0. The fourth-order valence-corrected chi connectivity index (χ4v) is 2.99. The standard InChI is InChI=1S/C14H22O4/c1-3-5-9-10-7-8-11(15)17-12(6-4-2)18-14(16)13(9)10/h9-10,12-13H,3-8H2,1-2H3. The van der Waals surface area contributed by atoms with Crippen molar-refractivity contribution in [1.29, 1.82) is 0 Å². The van der Waals surface area contributed by atoms with Gasteiger partial charge in [0.1, 0.15) is 0 Å². The van der Waals surface area contributed by atoms with E-state index in [1.807, 2.05) is 6.92 Å². The molecule has 0 aromatic heterocycles. The highest BCUT2D eigenvalue weighted by Crippen LogP contribution is 2.53. The molecule has 0 N–H and O–H groups in total. The number of rotatable bonds is 4. The van der Waals surface area contributed by atoms with Crippen molar-refractivity contribution >= 4 is 11.9 Å². The van der Waals surface area contributed by atoms with Gasteiger partial charge in [-0.25, -0.2) is 0 Å². The second kappa shape index (κ2) is 5.72. The number of cyclic esters (lactones) is 2. The van der Waals surface area contributed by atoms with Crippen LogP contribution in [0, 0.1) is 17.8 Å². The number of fused-ring (bicyclic) bond motifs is 1. The first-order valence-electron chi connectivity index (χ1n) is 7.07. The number of carbonyl (C=O) groups excluding carboxylic acids is 2. The Labute approximate surface area is 108 Å². The smallest absolute Gasteiger partial charge is 0.312 e. The fraction of sp³-hybridized carbons (Fsp3) is 0.857.